The van der Waals surface area contributed by atoms with Crippen LogP contribution in [0.2, 0.25) is 0 Å². The van der Waals surface area contributed by atoms with Gasteiger partial charge in [0.15, 0.2) is 0 Å². The summed E-state index contributed by atoms with van der Waals surface area (Å²) in [4.78, 5) is 27.3. The maximum absolute atomic E-state index is 12.9. The highest BCUT2D eigenvalue weighted by molar-refractivity contribution is 6.00. The van der Waals surface area contributed by atoms with Gasteiger partial charge in [-0.3, -0.25) is 4.79 Å². The molecule has 1 atom stereocenters. The Labute approximate surface area is 171 Å². The maximum atomic E-state index is 12.9. The van der Waals surface area contributed by atoms with E-state index in [9.17, 15) is 4.79 Å². The van der Waals surface area contributed by atoms with Crippen molar-refractivity contribution in [1.29, 1.82) is 0 Å². The Kier molecular flexibility index (Phi) is 5.60. The summed E-state index contributed by atoms with van der Waals surface area (Å²) in [7, 11) is 0. The van der Waals surface area contributed by atoms with E-state index in [4.69, 9.17) is 0 Å². The summed E-state index contributed by atoms with van der Waals surface area (Å²) < 4.78 is 0. The van der Waals surface area contributed by atoms with Gasteiger partial charge in [-0.15, -0.1) is 0 Å². The number of piperidine rings is 1. The lowest BCUT2D eigenvalue weighted by atomic mass is 10.0. The van der Waals surface area contributed by atoms with Gasteiger partial charge in [0.1, 0.15) is 11.6 Å². The van der Waals surface area contributed by atoms with Crippen molar-refractivity contribution < 1.29 is 4.79 Å². The van der Waals surface area contributed by atoms with E-state index in [2.05, 4.69) is 25.2 Å². The van der Waals surface area contributed by atoms with Crippen molar-refractivity contribution in [3.05, 3.63) is 65.9 Å². The number of carbonyl (C=O) groups excluding carboxylic acids is 1. The highest BCUT2D eigenvalue weighted by atomic mass is 16.1. The Morgan fingerprint density at radius 1 is 1.17 bits per heavy atom. The third-order valence-electron chi connectivity index (χ3n) is 5.45. The first-order chi connectivity index (χ1) is 14.1. The van der Waals surface area contributed by atoms with Crippen molar-refractivity contribution >= 4 is 11.7 Å². The molecule has 1 fully saturated rings. The van der Waals surface area contributed by atoms with Gasteiger partial charge in [-0.05, 0) is 38.7 Å². The number of hydrogen-bond donors (Lipinski definition) is 2. The molecule has 0 spiro atoms. The average Bonchev–Trinajstić information content (AvgIpc) is 3.22. The summed E-state index contributed by atoms with van der Waals surface area (Å²) in [5.74, 6) is 1.69. The van der Waals surface area contributed by atoms with Crippen LogP contribution in [0.15, 0.2) is 48.8 Å². The van der Waals surface area contributed by atoms with Crippen molar-refractivity contribution in [2.45, 2.75) is 39.2 Å². The van der Waals surface area contributed by atoms with E-state index in [1.807, 2.05) is 56.4 Å². The van der Waals surface area contributed by atoms with E-state index < -0.39 is 0 Å². The first-order valence-electron chi connectivity index (χ1n) is 10.2. The number of aryl methyl sites for hydroxylation is 2. The van der Waals surface area contributed by atoms with Gasteiger partial charge in [-0.1, -0.05) is 30.3 Å². The van der Waals surface area contributed by atoms with Crippen molar-refractivity contribution in [2.75, 3.05) is 18.0 Å². The SMILES string of the molecule is Cc1cc(N2CCCCC2CNC(=O)c2c[nH]cc2-c2ccccc2)nc(C)n1. The topological polar surface area (TPSA) is 73.9 Å². The quantitative estimate of drug-likeness (QED) is 0.695. The second-order valence-corrected chi connectivity index (χ2v) is 7.62. The van der Waals surface area contributed by atoms with Crippen LogP contribution in [0, 0.1) is 13.8 Å². The molecule has 3 aromatic rings. The maximum Gasteiger partial charge on any atom is 0.253 e. The molecule has 6 heteroatoms. The molecule has 1 aliphatic rings. The number of amides is 1. The van der Waals surface area contributed by atoms with Crippen molar-refractivity contribution in [3.63, 3.8) is 0 Å². The number of carbonyl (C=O) groups is 1. The average molecular weight is 390 g/mol. The molecule has 6 nitrogen and oxygen atoms in total. The molecule has 0 bridgehead atoms. The van der Waals surface area contributed by atoms with E-state index in [1.54, 1.807) is 6.20 Å². The van der Waals surface area contributed by atoms with Crippen LogP contribution in [0.25, 0.3) is 11.1 Å². The lowest BCUT2D eigenvalue weighted by molar-refractivity contribution is 0.0950. The summed E-state index contributed by atoms with van der Waals surface area (Å²) >= 11 is 0. The fourth-order valence-electron chi connectivity index (χ4n) is 4.07. The zero-order chi connectivity index (χ0) is 20.2. The predicted octanol–water partition coefficient (Wildman–Crippen LogP) is 3.88. The van der Waals surface area contributed by atoms with Gasteiger partial charge >= 0.3 is 0 Å². The van der Waals surface area contributed by atoms with Crippen molar-refractivity contribution in [2.24, 2.45) is 0 Å². The second kappa shape index (κ2) is 8.47. The molecule has 1 unspecified atom stereocenters. The fourth-order valence-corrected chi connectivity index (χ4v) is 4.07. The van der Waals surface area contributed by atoms with Gasteiger partial charge < -0.3 is 15.2 Å². The van der Waals surface area contributed by atoms with E-state index in [0.717, 1.165) is 47.8 Å². The Morgan fingerprint density at radius 2 is 2.00 bits per heavy atom. The van der Waals surface area contributed by atoms with Crippen molar-refractivity contribution in [1.82, 2.24) is 20.3 Å². The standard InChI is InChI=1S/C23H27N5O/c1-16-12-22(27-17(2)26-16)28-11-7-6-10-19(28)13-25-23(29)21-15-24-14-20(21)18-8-4-3-5-9-18/h3-5,8-9,12,14-15,19,24H,6-7,10-11,13H2,1-2H3,(H,25,29). The van der Waals surface area contributed by atoms with E-state index in [-0.39, 0.29) is 11.9 Å². The molecule has 2 N–H and O–H groups in total. The number of anilines is 1. The Bertz CT molecular complexity index is 962. The van der Waals surface area contributed by atoms with Crippen LogP contribution in [0.4, 0.5) is 5.82 Å². The number of benzene rings is 1. The molecule has 1 amide bonds. The zero-order valence-electron chi connectivity index (χ0n) is 17.0. The molecular formula is C23H27N5O. The van der Waals surface area contributed by atoms with E-state index in [0.29, 0.717) is 12.1 Å². The van der Waals surface area contributed by atoms with Gasteiger partial charge in [0.25, 0.3) is 5.91 Å². The number of nitrogens with one attached hydrogen (secondary N) is 2. The number of H-pyrrole nitrogens is 1. The molecule has 4 rings (SSSR count). The van der Waals surface area contributed by atoms with Gasteiger partial charge in [-0.2, -0.15) is 0 Å². The third kappa shape index (κ3) is 4.31. The molecule has 0 radical (unpaired) electrons. The highest BCUT2D eigenvalue weighted by Gasteiger charge is 2.25. The molecular weight excluding hydrogens is 362 g/mol. The summed E-state index contributed by atoms with van der Waals surface area (Å²) in [6.07, 6.45) is 7.00. The first-order valence-corrected chi connectivity index (χ1v) is 10.2. The smallest absolute Gasteiger partial charge is 0.253 e. The number of rotatable bonds is 5. The summed E-state index contributed by atoms with van der Waals surface area (Å²) in [5, 5.41) is 3.15. The highest BCUT2D eigenvalue weighted by Crippen LogP contribution is 2.25. The zero-order valence-corrected chi connectivity index (χ0v) is 17.0. The molecule has 1 aliphatic heterocycles. The van der Waals surface area contributed by atoms with Crippen molar-refractivity contribution in [3.8, 4) is 11.1 Å². The Balaban J connectivity index is 1.48. The lowest BCUT2D eigenvalue weighted by Crippen LogP contribution is -2.47. The number of aromatic nitrogens is 3. The fraction of sp³-hybridized carbons (Fsp3) is 0.348. The minimum absolute atomic E-state index is 0.0503. The summed E-state index contributed by atoms with van der Waals surface area (Å²) in [5.41, 5.74) is 3.60. The van der Waals surface area contributed by atoms with Gasteiger partial charge in [-0.25, -0.2) is 9.97 Å². The molecule has 150 valence electrons. The molecule has 2 aromatic heterocycles. The third-order valence-corrected chi connectivity index (χ3v) is 5.45. The number of hydrogen-bond acceptors (Lipinski definition) is 4. The normalized spacial score (nSPS) is 16.6. The molecule has 0 saturated carbocycles. The minimum Gasteiger partial charge on any atom is -0.366 e. The molecule has 29 heavy (non-hydrogen) atoms. The predicted molar refractivity (Wildman–Crippen MR) is 115 cm³/mol. The van der Waals surface area contributed by atoms with Crippen LogP contribution in [-0.4, -0.2) is 40.0 Å². The Hall–Kier alpha value is -3.15. The van der Waals surface area contributed by atoms with Crippen LogP contribution in [0.5, 0.6) is 0 Å². The monoisotopic (exact) mass is 389 g/mol. The van der Waals surface area contributed by atoms with E-state index in [1.165, 1.54) is 6.42 Å². The largest absolute Gasteiger partial charge is 0.366 e. The summed E-state index contributed by atoms with van der Waals surface area (Å²) in [6, 6.07) is 12.2. The molecule has 3 heterocycles. The van der Waals surface area contributed by atoms with Crippen LogP contribution >= 0.6 is 0 Å². The summed E-state index contributed by atoms with van der Waals surface area (Å²) in [6.45, 7) is 5.47. The van der Waals surface area contributed by atoms with E-state index >= 15 is 0 Å². The molecule has 1 aromatic carbocycles. The Morgan fingerprint density at radius 3 is 2.79 bits per heavy atom. The van der Waals surface area contributed by atoms with Gasteiger partial charge in [0.05, 0.1) is 5.56 Å². The first kappa shape index (κ1) is 19.2. The lowest BCUT2D eigenvalue weighted by Gasteiger charge is -2.37. The van der Waals surface area contributed by atoms with Gasteiger partial charge in [0, 0.05) is 48.8 Å². The van der Waals surface area contributed by atoms with Crippen LogP contribution in [0.1, 0.15) is 41.1 Å². The van der Waals surface area contributed by atoms with Gasteiger partial charge in [0.2, 0.25) is 0 Å². The van der Waals surface area contributed by atoms with Crippen LogP contribution < -0.4 is 10.2 Å². The second-order valence-electron chi connectivity index (χ2n) is 7.62. The van der Waals surface area contributed by atoms with Crippen LogP contribution in [-0.2, 0) is 0 Å². The number of aromatic amines is 1. The minimum atomic E-state index is -0.0503. The molecule has 1 saturated heterocycles. The number of nitrogens with zero attached hydrogens (tertiary/aromatic N) is 3. The van der Waals surface area contributed by atoms with Crippen LogP contribution in [0.3, 0.4) is 0 Å². The molecule has 0 aliphatic carbocycles.